The van der Waals surface area contributed by atoms with Crippen LogP contribution >= 0.6 is 20.8 Å². The lowest BCUT2D eigenvalue weighted by atomic mass is 9.90. The van der Waals surface area contributed by atoms with Crippen LogP contribution in [0.3, 0.4) is 0 Å². The molecule has 0 radical (unpaired) electrons. The van der Waals surface area contributed by atoms with E-state index in [-0.39, 0.29) is 11.3 Å². The number of rotatable bonds is 1. The topological polar surface area (TPSA) is 17.1 Å². The first kappa shape index (κ1) is 8.49. The van der Waals surface area contributed by atoms with E-state index in [1.165, 1.54) is 0 Å². The van der Waals surface area contributed by atoms with Gasteiger partial charge in [-0.2, -0.15) is 0 Å². The Bertz CT molecular complexity index is 129. The molecule has 3 heteroatoms. The van der Waals surface area contributed by atoms with Crippen molar-refractivity contribution in [3.8, 4) is 0 Å². The maximum absolute atomic E-state index is 10.3. The molecule has 58 valence electrons. The van der Waals surface area contributed by atoms with E-state index in [1.807, 2.05) is 0 Å². The van der Waals surface area contributed by atoms with Crippen molar-refractivity contribution in [2.45, 2.75) is 30.3 Å². The summed E-state index contributed by atoms with van der Waals surface area (Å²) in [5.74, 6) is 0.222. The fourth-order valence-corrected chi connectivity index (χ4v) is 2.00. The Morgan fingerprint density at radius 2 is 2.20 bits per heavy atom. The number of aldehydes is 1. The van der Waals surface area contributed by atoms with E-state index < -0.39 is 0 Å². The second-order valence-electron chi connectivity index (χ2n) is 2.89. The fraction of sp³-hybridized carbons (Fsp3) is 0.857. The summed E-state index contributed by atoms with van der Waals surface area (Å²) in [6.07, 6.45) is 3.98. The summed E-state index contributed by atoms with van der Waals surface area (Å²) in [6.45, 7) is 0. The molecular formula is C7H12ClOP. The molecule has 10 heavy (non-hydrogen) atoms. The molecule has 0 aliphatic heterocycles. The van der Waals surface area contributed by atoms with Gasteiger partial charge in [0.1, 0.15) is 6.29 Å². The van der Waals surface area contributed by atoms with Crippen LogP contribution in [0.1, 0.15) is 19.3 Å². The van der Waals surface area contributed by atoms with Crippen molar-refractivity contribution < 1.29 is 4.79 Å². The second-order valence-corrected chi connectivity index (χ2v) is 4.31. The number of carbonyl (C=O) groups excluding carboxylic acids is 1. The largest absolute Gasteiger partial charge is 0.303 e. The highest BCUT2D eigenvalue weighted by Gasteiger charge is 2.25. The normalized spacial score (nSPS) is 41.2. The van der Waals surface area contributed by atoms with Crippen LogP contribution in [0.15, 0.2) is 0 Å². The van der Waals surface area contributed by atoms with Crippen LogP contribution in [0.4, 0.5) is 0 Å². The Morgan fingerprint density at radius 3 is 2.70 bits per heavy atom. The average molecular weight is 179 g/mol. The minimum Gasteiger partial charge on any atom is -0.303 e. The minimum atomic E-state index is 0.189. The third-order valence-corrected chi connectivity index (χ3v) is 3.60. The zero-order valence-corrected chi connectivity index (χ0v) is 7.70. The first-order valence-electron chi connectivity index (χ1n) is 3.59. The third-order valence-electron chi connectivity index (χ3n) is 2.06. The highest BCUT2D eigenvalue weighted by atomic mass is 35.5. The molecule has 0 bridgehead atoms. The molecule has 0 heterocycles. The maximum atomic E-state index is 10.3. The van der Waals surface area contributed by atoms with Gasteiger partial charge in [-0.3, -0.25) is 0 Å². The van der Waals surface area contributed by atoms with Crippen molar-refractivity contribution in [2.75, 3.05) is 0 Å². The van der Waals surface area contributed by atoms with Crippen molar-refractivity contribution in [3.05, 3.63) is 0 Å². The molecule has 1 saturated carbocycles. The SMILES string of the molecule is O=CC1CCC(P)C(Cl)C1. The predicted octanol–water partition coefficient (Wildman–Crippen LogP) is 1.84. The van der Waals surface area contributed by atoms with Gasteiger partial charge in [0.15, 0.2) is 0 Å². The molecule has 0 saturated heterocycles. The van der Waals surface area contributed by atoms with Gasteiger partial charge in [-0.1, -0.05) is 0 Å². The number of alkyl halides is 1. The molecule has 0 aromatic rings. The summed E-state index contributed by atoms with van der Waals surface area (Å²) in [4.78, 5) is 10.3. The van der Waals surface area contributed by atoms with Crippen LogP contribution in [0.25, 0.3) is 0 Å². The summed E-state index contributed by atoms with van der Waals surface area (Å²) in [5, 5.41) is 0.189. The van der Waals surface area contributed by atoms with E-state index in [9.17, 15) is 4.79 Å². The molecule has 4 unspecified atom stereocenters. The van der Waals surface area contributed by atoms with E-state index in [1.54, 1.807) is 0 Å². The molecule has 1 fully saturated rings. The van der Waals surface area contributed by atoms with Crippen LogP contribution in [-0.2, 0) is 4.79 Å². The monoisotopic (exact) mass is 178 g/mol. The Morgan fingerprint density at radius 1 is 1.50 bits per heavy atom. The van der Waals surface area contributed by atoms with Crippen LogP contribution in [-0.4, -0.2) is 17.3 Å². The molecule has 0 spiro atoms. The van der Waals surface area contributed by atoms with Crippen molar-refractivity contribution in [2.24, 2.45) is 5.92 Å². The first-order valence-corrected chi connectivity index (χ1v) is 4.69. The smallest absolute Gasteiger partial charge is 0.123 e. The van der Waals surface area contributed by atoms with Gasteiger partial charge >= 0.3 is 0 Å². The van der Waals surface area contributed by atoms with Crippen LogP contribution in [0, 0.1) is 5.92 Å². The van der Waals surface area contributed by atoms with Gasteiger partial charge in [-0.15, -0.1) is 20.8 Å². The van der Waals surface area contributed by atoms with Crippen molar-refractivity contribution >= 4 is 27.1 Å². The predicted molar refractivity (Wildman–Crippen MR) is 46.5 cm³/mol. The molecule has 0 aromatic carbocycles. The van der Waals surface area contributed by atoms with Gasteiger partial charge in [0.25, 0.3) is 0 Å². The number of hydrogen-bond acceptors (Lipinski definition) is 1. The van der Waals surface area contributed by atoms with Gasteiger partial charge in [-0.25, -0.2) is 0 Å². The average Bonchev–Trinajstić information content (AvgIpc) is 1.95. The summed E-state index contributed by atoms with van der Waals surface area (Å²) in [7, 11) is 2.73. The number of carbonyl (C=O) groups is 1. The molecule has 0 N–H and O–H groups in total. The molecule has 4 atom stereocenters. The highest BCUT2D eigenvalue weighted by Crippen LogP contribution is 2.31. The highest BCUT2D eigenvalue weighted by molar-refractivity contribution is 7.18. The lowest BCUT2D eigenvalue weighted by Crippen LogP contribution is -2.25. The Kier molecular flexibility index (Phi) is 3.13. The van der Waals surface area contributed by atoms with Crippen LogP contribution in [0.2, 0.25) is 0 Å². The van der Waals surface area contributed by atoms with E-state index in [2.05, 4.69) is 9.24 Å². The molecule has 1 aliphatic rings. The van der Waals surface area contributed by atoms with E-state index in [4.69, 9.17) is 11.6 Å². The number of hydrogen-bond donors (Lipinski definition) is 0. The van der Waals surface area contributed by atoms with Gasteiger partial charge in [-0.05, 0) is 24.9 Å². The summed E-state index contributed by atoms with van der Waals surface area (Å²) in [5.41, 5.74) is 0.512. The first-order chi connectivity index (χ1) is 4.74. The van der Waals surface area contributed by atoms with E-state index in [0.717, 1.165) is 25.5 Å². The van der Waals surface area contributed by atoms with Crippen LogP contribution in [0.5, 0.6) is 0 Å². The Balaban J connectivity index is 2.40. The standard InChI is InChI=1S/C7H12ClOP/c8-6-3-5(4-9)1-2-7(6)10/h4-7H,1-3,10H2. The van der Waals surface area contributed by atoms with Gasteiger partial charge in [0.2, 0.25) is 0 Å². The zero-order valence-electron chi connectivity index (χ0n) is 5.79. The fourth-order valence-electron chi connectivity index (χ4n) is 1.29. The molecule has 1 rings (SSSR count). The second kappa shape index (κ2) is 3.69. The Hall–Kier alpha value is 0.390. The van der Waals surface area contributed by atoms with Gasteiger partial charge in [0.05, 0.1) is 0 Å². The molecule has 0 amide bonds. The summed E-state index contributed by atoms with van der Waals surface area (Å²) >= 11 is 5.96. The van der Waals surface area contributed by atoms with Gasteiger partial charge < -0.3 is 4.79 Å². The Labute approximate surface area is 68.7 Å². The van der Waals surface area contributed by atoms with E-state index in [0.29, 0.717) is 5.66 Å². The molecule has 0 aromatic heterocycles. The van der Waals surface area contributed by atoms with Crippen molar-refractivity contribution in [1.82, 2.24) is 0 Å². The van der Waals surface area contributed by atoms with Gasteiger partial charge in [0, 0.05) is 11.3 Å². The lowest BCUT2D eigenvalue weighted by Gasteiger charge is -2.26. The quantitative estimate of drug-likeness (QED) is 0.340. The molecule has 1 nitrogen and oxygen atoms in total. The lowest BCUT2D eigenvalue weighted by molar-refractivity contribution is -0.111. The van der Waals surface area contributed by atoms with Crippen molar-refractivity contribution in [1.29, 1.82) is 0 Å². The maximum Gasteiger partial charge on any atom is 0.123 e. The van der Waals surface area contributed by atoms with Crippen LogP contribution < -0.4 is 0 Å². The zero-order chi connectivity index (χ0) is 7.56. The number of halogens is 1. The van der Waals surface area contributed by atoms with E-state index >= 15 is 0 Å². The molecular weight excluding hydrogens is 167 g/mol. The minimum absolute atomic E-state index is 0.189. The third kappa shape index (κ3) is 1.93. The van der Waals surface area contributed by atoms with Crippen molar-refractivity contribution in [3.63, 3.8) is 0 Å². The molecule has 1 aliphatic carbocycles. The summed E-state index contributed by atoms with van der Waals surface area (Å²) in [6, 6.07) is 0. The summed E-state index contributed by atoms with van der Waals surface area (Å²) < 4.78 is 0.